The first-order chi connectivity index (χ1) is 12.5. The molecule has 0 saturated carbocycles. The molecule has 0 amide bonds. The second-order valence-corrected chi connectivity index (χ2v) is 9.33. The van der Waals surface area contributed by atoms with Gasteiger partial charge in [0, 0.05) is 12.8 Å². The van der Waals surface area contributed by atoms with E-state index in [9.17, 15) is 0 Å². The van der Waals surface area contributed by atoms with Gasteiger partial charge < -0.3 is 14.0 Å². The van der Waals surface area contributed by atoms with Crippen LogP contribution in [0.1, 0.15) is 103 Å². The van der Waals surface area contributed by atoms with Crippen molar-refractivity contribution in [3.8, 4) is 0 Å². The second kappa shape index (κ2) is 14.9. The molecule has 0 aromatic carbocycles. The van der Waals surface area contributed by atoms with Crippen molar-refractivity contribution in [2.45, 2.75) is 116 Å². The van der Waals surface area contributed by atoms with Gasteiger partial charge >= 0.3 is 0 Å². The summed E-state index contributed by atoms with van der Waals surface area (Å²) < 4.78 is 13.0. The highest BCUT2D eigenvalue weighted by molar-refractivity contribution is 4.68. The monoisotopic (exact) mass is 370 g/mol. The molecule has 0 aliphatic carbocycles. The van der Waals surface area contributed by atoms with E-state index in [1.807, 2.05) is 0 Å². The maximum Gasteiger partial charge on any atom is 0.158 e. The Morgan fingerprint density at radius 1 is 0.769 bits per heavy atom. The van der Waals surface area contributed by atoms with Gasteiger partial charge in [-0.05, 0) is 12.8 Å². The molecule has 0 aromatic rings. The molecule has 1 saturated heterocycles. The first kappa shape index (κ1) is 23.9. The minimum atomic E-state index is 0.0696. The lowest BCUT2D eigenvalue weighted by Crippen LogP contribution is -2.36. The van der Waals surface area contributed by atoms with Crippen LogP contribution < -0.4 is 0 Å². The summed E-state index contributed by atoms with van der Waals surface area (Å²) in [5.74, 6) is 0. The average Bonchev–Trinajstić information content (AvgIpc) is 3.03. The summed E-state index contributed by atoms with van der Waals surface area (Å²) in [6.07, 6.45) is 20.7. The molecule has 1 rings (SSSR count). The van der Waals surface area contributed by atoms with Crippen molar-refractivity contribution in [2.24, 2.45) is 0 Å². The number of nitrogens with zero attached hydrogens (tertiary/aromatic N) is 1. The number of rotatable bonds is 17. The predicted molar refractivity (Wildman–Crippen MR) is 112 cm³/mol. The lowest BCUT2D eigenvalue weighted by Gasteiger charge is -2.24. The predicted octanol–water partition coefficient (Wildman–Crippen LogP) is 6.31. The molecule has 1 fully saturated rings. The van der Waals surface area contributed by atoms with Gasteiger partial charge in [-0.3, -0.25) is 0 Å². The van der Waals surface area contributed by atoms with Crippen LogP contribution in [0.2, 0.25) is 0 Å². The van der Waals surface area contributed by atoms with E-state index in [-0.39, 0.29) is 6.29 Å². The lowest BCUT2D eigenvalue weighted by atomic mass is 10.0. The SMILES string of the molecule is CCCCCCCCCCCCCC1CCC(OCCC[N+](C)(C)C)O1. The molecular formula is C23H48NO2+. The molecule has 0 N–H and O–H groups in total. The Labute approximate surface area is 164 Å². The highest BCUT2D eigenvalue weighted by atomic mass is 16.7. The Bertz CT molecular complexity index is 314. The van der Waals surface area contributed by atoms with Crippen LogP contribution >= 0.6 is 0 Å². The Morgan fingerprint density at radius 3 is 1.92 bits per heavy atom. The molecule has 3 nitrogen and oxygen atoms in total. The molecule has 0 aromatic heterocycles. The van der Waals surface area contributed by atoms with Gasteiger partial charge in [0.25, 0.3) is 0 Å². The summed E-state index contributed by atoms with van der Waals surface area (Å²) in [5, 5.41) is 0. The summed E-state index contributed by atoms with van der Waals surface area (Å²) in [6, 6.07) is 0. The number of quaternary nitrogens is 1. The van der Waals surface area contributed by atoms with E-state index in [2.05, 4.69) is 28.1 Å². The first-order valence-electron chi connectivity index (χ1n) is 11.6. The quantitative estimate of drug-likeness (QED) is 0.221. The second-order valence-electron chi connectivity index (χ2n) is 9.33. The molecule has 1 aliphatic heterocycles. The van der Waals surface area contributed by atoms with Gasteiger partial charge in [-0.1, -0.05) is 77.6 Å². The van der Waals surface area contributed by atoms with Gasteiger partial charge in [0.1, 0.15) is 0 Å². The zero-order chi connectivity index (χ0) is 19.1. The van der Waals surface area contributed by atoms with Crippen LogP contribution in [0.4, 0.5) is 0 Å². The number of hydrogen-bond acceptors (Lipinski definition) is 2. The van der Waals surface area contributed by atoms with Gasteiger partial charge in [-0.25, -0.2) is 0 Å². The molecule has 0 radical (unpaired) electrons. The van der Waals surface area contributed by atoms with Crippen molar-refractivity contribution < 1.29 is 14.0 Å². The molecule has 1 heterocycles. The number of ether oxygens (including phenoxy) is 2. The van der Waals surface area contributed by atoms with Crippen LogP contribution in [0.3, 0.4) is 0 Å². The Morgan fingerprint density at radius 2 is 1.35 bits per heavy atom. The molecule has 26 heavy (non-hydrogen) atoms. The zero-order valence-corrected chi connectivity index (χ0v) is 18.4. The van der Waals surface area contributed by atoms with Crippen LogP contribution in [-0.2, 0) is 9.47 Å². The van der Waals surface area contributed by atoms with E-state index in [1.54, 1.807) is 0 Å². The summed E-state index contributed by atoms with van der Waals surface area (Å²) in [7, 11) is 6.70. The largest absolute Gasteiger partial charge is 0.352 e. The van der Waals surface area contributed by atoms with Crippen molar-refractivity contribution >= 4 is 0 Å². The van der Waals surface area contributed by atoms with E-state index < -0.39 is 0 Å². The molecule has 0 bridgehead atoms. The third kappa shape index (κ3) is 14.0. The van der Waals surface area contributed by atoms with Crippen molar-refractivity contribution in [3.63, 3.8) is 0 Å². The van der Waals surface area contributed by atoms with Crippen LogP contribution in [0.15, 0.2) is 0 Å². The van der Waals surface area contributed by atoms with E-state index in [1.165, 1.54) is 83.5 Å². The normalized spacial score (nSPS) is 20.8. The topological polar surface area (TPSA) is 18.5 Å². The van der Waals surface area contributed by atoms with Crippen LogP contribution in [0, 0.1) is 0 Å². The van der Waals surface area contributed by atoms with E-state index in [4.69, 9.17) is 9.47 Å². The summed E-state index contributed by atoms with van der Waals surface area (Å²) in [6.45, 7) is 4.29. The van der Waals surface area contributed by atoms with Crippen molar-refractivity contribution in [1.82, 2.24) is 0 Å². The molecule has 1 aliphatic rings. The third-order valence-corrected chi connectivity index (χ3v) is 5.48. The average molecular weight is 371 g/mol. The molecule has 0 spiro atoms. The minimum absolute atomic E-state index is 0.0696. The van der Waals surface area contributed by atoms with Crippen LogP contribution in [-0.4, -0.2) is 51.2 Å². The van der Waals surface area contributed by atoms with E-state index in [0.717, 1.165) is 30.5 Å². The fraction of sp³-hybridized carbons (Fsp3) is 1.00. The standard InChI is InChI=1S/C23H48NO2/c1-5-6-7-8-9-10-11-12-13-14-15-17-22-18-19-23(26-22)25-21-16-20-24(2,3)4/h22-23H,5-21H2,1-4H3/q+1. The Hall–Kier alpha value is -0.120. The molecule has 2 unspecified atom stereocenters. The van der Waals surface area contributed by atoms with Gasteiger partial charge in [-0.2, -0.15) is 0 Å². The van der Waals surface area contributed by atoms with E-state index in [0.29, 0.717) is 6.10 Å². The smallest absolute Gasteiger partial charge is 0.158 e. The molecule has 2 atom stereocenters. The lowest BCUT2D eigenvalue weighted by molar-refractivity contribution is -0.870. The van der Waals surface area contributed by atoms with E-state index >= 15 is 0 Å². The minimum Gasteiger partial charge on any atom is -0.352 e. The Kier molecular flexibility index (Phi) is 13.7. The van der Waals surface area contributed by atoms with Crippen molar-refractivity contribution in [3.05, 3.63) is 0 Å². The molecular weight excluding hydrogens is 322 g/mol. The van der Waals surface area contributed by atoms with Crippen molar-refractivity contribution in [1.29, 1.82) is 0 Å². The zero-order valence-electron chi connectivity index (χ0n) is 18.4. The molecule has 3 heteroatoms. The van der Waals surface area contributed by atoms with Crippen molar-refractivity contribution in [2.75, 3.05) is 34.3 Å². The van der Waals surface area contributed by atoms with Gasteiger partial charge in [0.15, 0.2) is 6.29 Å². The number of unbranched alkanes of at least 4 members (excludes halogenated alkanes) is 10. The maximum absolute atomic E-state index is 6.06. The van der Waals surface area contributed by atoms with Gasteiger partial charge in [-0.15, -0.1) is 0 Å². The fourth-order valence-corrected chi connectivity index (χ4v) is 3.80. The summed E-state index contributed by atoms with van der Waals surface area (Å²) in [5.41, 5.74) is 0. The maximum atomic E-state index is 6.06. The van der Waals surface area contributed by atoms with Crippen LogP contribution in [0.5, 0.6) is 0 Å². The third-order valence-electron chi connectivity index (χ3n) is 5.48. The number of hydrogen-bond donors (Lipinski definition) is 0. The van der Waals surface area contributed by atoms with Gasteiger partial charge in [0.2, 0.25) is 0 Å². The van der Waals surface area contributed by atoms with Gasteiger partial charge in [0.05, 0.1) is 40.4 Å². The Balaban J connectivity index is 1.84. The highest BCUT2D eigenvalue weighted by Gasteiger charge is 2.25. The molecule has 156 valence electrons. The van der Waals surface area contributed by atoms with Crippen LogP contribution in [0.25, 0.3) is 0 Å². The first-order valence-corrected chi connectivity index (χ1v) is 11.6. The highest BCUT2D eigenvalue weighted by Crippen LogP contribution is 2.25. The summed E-state index contributed by atoms with van der Waals surface area (Å²) >= 11 is 0. The summed E-state index contributed by atoms with van der Waals surface area (Å²) in [4.78, 5) is 0. The fourth-order valence-electron chi connectivity index (χ4n) is 3.80.